The molecule has 1 saturated carbocycles. The molecule has 1 aliphatic carbocycles. The summed E-state index contributed by atoms with van der Waals surface area (Å²) >= 11 is 0. The summed E-state index contributed by atoms with van der Waals surface area (Å²) in [6.07, 6.45) is 6.74. The SMILES string of the molecule is CCNC(=NCc1cc(C(CC)CC)no1)NCCN1CCN(C(=O)C2CCCC2)CC1.I. The first-order valence-electron chi connectivity index (χ1n) is 12.6. The van der Waals surface area contributed by atoms with Crippen LogP contribution < -0.4 is 10.6 Å². The van der Waals surface area contributed by atoms with E-state index in [1.165, 1.54) is 12.8 Å². The van der Waals surface area contributed by atoms with Crippen molar-refractivity contribution in [1.29, 1.82) is 0 Å². The molecule has 0 radical (unpaired) electrons. The number of halogens is 1. The molecule has 9 heteroatoms. The summed E-state index contributed by atoms with van der Waals surface area (Å²) in [7, 11) is 0. The van der Waals surface area contributed by atoms with E-state index in [2.05, 4.69) is 51.4 Å². The minimum atomic E-state index is 0. The number of guanidine groups is 1. The molecule has 0 atom stereocenters. The van der Waals surface area contributed by atoms with E-state index in [1.54, 1.807) is 0 Å². The molecule has 1 aromatic rings. The zero-order valence-electron chi connectivity index (χ0n) is 20.6. The van der Waals surface area contributed by atoms with Crippen molar-refractivity contribution in [3.63, 3.8) is 0 Å². The van der Waals surface area contributed by atoms with Gasteiger partial charge in [0, 0.05) is 63.7 Å². The Kier molecular flexibility index (Phi) is 12.5. The van der Waals surface area contributed by atoms with Crippen molar-refractivity contribution < 1.29 is 9.32 Å². The van der Waals surface area contributed by atoms with E-state index < -0.39 is 0 Å². The van der Waals surface area contributed by atoms with E-state index in [1.807, 2.05) is 6.07 Å². The van der Waals surface area contributed by atoms with Gasteiger partial charge in [-0.1, -0.05) is 31.8 Å². The highest BCUT2D eigenvalue weighted by atomic mass is 127. The maximum atomic E-state index is 12.6. The molecule has 0 spiro atoms. The van der Waals surface area contributed by atoms with Gasteiger partial charge in [-0.2, -0.15) is 0 Å². The van der Waals surface area contributed by atoms with Gasteiger partial charge in [0.15, 0.2) is 11.7 Å². The average Bonchev–Trinajstić information content (AvgIpc) is 3.51. The van der Waals surface area contributed by atoms with Crippen LogP contribution in [0.5, 0.6) is 0 Å². The van der Waals surface area contributed by atoms with Crippen LogP contribution in [-0.2, 0) is 11.3 Å². The number of hydrogen-bond acceptors (Lipinski definition) is 5. The van der Waals surface area contributed by atoms with Gasteiger partial charge in [0.2, 0.25) is 5.91 Å². The summed E-state index contributed by atoms with van der Waals surface area (Å²) in [5, 5.41) is 11.0. The van der Waals surface area contributed by atoms with E-state index in [0.29, 0.717) is 18.4 Å². The molecule has 1 amide bonds. The third-order valence-electron chi connectivity index (χ3n) is 6.83. The van der Waals surface area contributed by atoms with Gasteiger partial charge in [0.25, 0.3) is 0 Å². The largest absolute Gasteiger partial charge is 0.359 e. The molecule has 3 rings (SSSR count). The van der Waals surface area contributed by atoms with E-state index >= 15 is 0 Å². The molecular weight excluding hydrogens is 531 g/mol. The number of rotatable bonds is 10. The van der Waals surface area contributed by atoms with Gasteiger partial charge in [-0.15, -0.1) is 24.0 Å². The highest BCUT2D eigenvalue weighted by Crippen LogP contribution is 2.27. The average molecular weight is 575 g/mol. The molecule has 2 aliphatic rings. The van der Waals surface area contributed by atoms with Crippen LogP contribution in [0.15, 0.2) is 15.6 Å². The van der Waals surface area contributed by atoms with Crippen LogP contribution in [0.4, 0.5) is 0 Å². The Morgan fingerprint density at radius 2 is 1.85 bits per heavy atom. The predicted octanol–water partition coefficient (Wildman–Crippen LogP) is 3.59. The first-order chi connectivity index (χ1) is 15.6. The Bertz CT molecular complexity index is 722. The molecule has 33 heavy (non-hydrogen) atoms. The standard InChI is InChI=1S/C24H42N6O2.HI/c1-4-19(5-2)22-17-21(32-28-22)18-27-24(25-6-3)26-11-12-29-13-15-30(16-14-29)23(31)20-9-7-8-10-20;/h17,19-20H,4-16,18H2,1-3H3,(H2,25,26,27);1H. The lowest BCUT2D eigenvalue weighted by atomic mass is 9.99. The molecule has 2 N–H and O–H groups in total. The van der Waals surface area contributed by atoms with Crippen LogP contribution in [0.1, 0.15) is 76.7 Å². The maximum absolute atomic E-state index is 12.6. The maximum Gasteiger partial charge on any atom is 0.225 e. The second kappa shape index (κ2) is 14.8. The van der Waals surface area contributed by atoms with Crippen molar-refractivity contribution in [2.75, 3.05) is 45.8 Å². The monoisotopic (exact) mass is 574 g/mol. The first kappa shape index (κ1) is 27.9. The van der Waals surface area contributed by atoms with Gasteiger partial charge in [-0.25, -0.2) is 4.99 Å². The fourth-order valence-corrected chi connectivity index (χ4v) is 4.76. The zero-order chi connectivity index (χ0) is 22.8. The molecule has 0 unspecified atom stereocenters. The summed E-state index contributed by atoms with van der Waals surface area (Å²) in [6.45, 7) is 13.1. The van der Waals surface area contributed by atoms with Crippen LogP contribution >= 0.6 is 24.0 Å². The van der Waals surface area contributed by atoms with Gasteiger partial charge in [-0.3, -0.25) is 9.69 Å². The minimum Gasteiger partial charge on any atom is -0.359 e. The number of hydrogen-bond donors (Lipinski definition) is 2. The van der Waals surface area contributed by atoms with E-state index in [0.717, 1.165) is 88.9 Å². The van der Waals surface area contributed by atoms with Crippen molar-refractivity contribution in [1.82, 2.24) is 25.6 Å². The molecule has 8 nitrogen and oxygen atoms in total. The topological polar surface area (TPSA) is 86.0 Å². The van der Waals surface area contributed by atoms with Crippen LogP contribution in [0, 0.1) is 5.92 Å². The van der Waals surface area contributed by atoms with Gasteiger partial charge >= 0.3 is 0 Å². The predicted molar refractivity (Wildman–Crippen MR) is 143 cm³/mol. The van der Waals surface area contributed by atoms with E-state index in [-0.39, 0.29) is 29.9 Å². The third kappa shape index (κ3) is 8.42. The van der Waals surface area contributed by atoms with Crippen LogP contribution in [0.25, 0.3) is 0 Å². The molecule has 2 fully saturated rings. The summed E-state index contributed by atoms with van der Waals surface area (Å²) in [6, 6.07) is 2.04. The van der Waals surface area contributed by atoms with Crippen molar-refractivity contribution in [2.45, 2.75) is 71.8 Å². The number of aromatic nitrogens is 1. The molecule has 1 saturated heterocycles. The van der Waals surface area contributed by atoms with Gasteiger partial charge in [0.05, 0.1) is 5.69 Å². The highest BCUT2D eigenvalue weighted by Gasteiger charge is 2.29. The number of amides is 1. The van der Waals surface area contributed by atoms with E-state index in [9.17, 15) is 4.79 Å². The molecule has 2 heterocycles. The Labute approximate surface area is 216 Å². The summed E-state index contributed by atoms with van der Waals surface area (Å²) in [5.74, 6) is 2.73. The summed E-state index contributed by atoms with van der Waals surface area (Å²) in [4.78, 5) is 21.8. The third-order valence-corrected chi connectivity index (χ3v) is 6.83. The fourth-order valence-electron chi connectivity index (χ4n) is 4.76. The number of nitrogens with zero attached hydrogens (tertiary/aromatic N) is 4. The smallest absolute Gasteiger partial charge is 0.225 e. The Morgan fingerprint density at radius 1 is 1.15 bits per heavy atom. The number of aliphatic imine (C=N–C) groups is 1. The molecule has 188 valence electrons. The van der Waals surface area contributed by atoms with Crippen molar-refractivity contribution >= 4 is 35.8 Å². The van der Waals surface area contributed by atoms with Gasteiger partial charge in [0.1, 0.15) is 6.54 Å². The van der Waals surface area contributed by atoms with Crippen molar-refractivity contribution in [2.24, 2.45) is 10.9 Å². The van der Waals surface area contributed by atoms with Gasteiger partial charge in [-0.05, 0) is 32.6 Å². The lowest BCUT2D eigenvalue weighted by Crippen LogP contribution is -2.51. The number of piperazine rings is 1. The van der Waals surface area contributed by atoms with Crippen LogP contribution in [0.2, 0.25) is 0 Å². The molecular formula is C24H43IN6O2. The minimum absolute atomic E-state index is 0. The molecule has 1 aliphatic heterocycles. The fraction of sp³-hybridized carbons (Fsp3) is 0.792. The first-order valence-corrected chi connectivity index (χ1v) is 12.6. The second-order valence-electron chi connectivity index (χ2n) is 9.00. The lowest BCUT2D eigenvalue weighted by Gasteiger charge is -2.36. The van der Waals surface area contributed by atoms with Crippen molar-refractivity contribution in [3.05, 3.63) is 17.5 Å². The number of nitrogens with one attached hydrogen (secondary N) is 2. The molecule has 1 aromatic heterocycles. The zero-order valence-corrected chi connectivity index (χ0v) is 23.0. The Morgan fingerprint density at radius 3 is 2.48 bits per heavy atom. The number of carbonyl (C=O) groups is 1. The Hall–Kier alpha value is -1.36. The van der Waals surface area contributed by atoms with Crippen LogP contribution in [-0.4, -0.2) is 72.6 Å². The quantitative estimate of drug-likeness (QED) is 0.253. The normalized spacial score (nSPS) is 17.9. The lowest BCUT2D eigenvalue weighted by molar-refractivity contribution is -0.137. The summed E-state index contributed by atoms with van der Waals surface area (Å²) in [5.41, 5.74) is 1.03. The van der Waals surface area contributed by atoms with Crippen molar-refractivity contribution in [3.8, 4) is 0 Å². The van der Waals surface area contributed by atoms with Crippen LogP contribution in [0.3, 0.4) is 0 Å². The highest BCUT2D eigenvalue weighted by molar-refractivity contribution is 14.0. The second-order valence-corrected chi connectivity index (χ2v) is 9.00. The Balaban J connectivity index is 0.00000385. The molecule has 0 bridgehead atoms. The molecule has 0 aromatic carbocycles. The van der Waals surface area contributed by atoms with E-state index in [4.69, 9.17) is 4.52 Å². The van der Waals surface area contributed by atoms with Gasteiger partial charge < -0.3 is 20.1 Å². The number of carbonyl (C=O) groups excluding carboxylic acids is 1. The summed E-state index contributed by atoms with van der Waals surface area (Å²) < 4.78 is 5.49.